The maximum Gasteiger partial charge on any atom is 0.243 e. The van der Waals surface area contributed by atoms with E-state index in [0.29, 0.717) is 29.8 Å². The van der Waals surface area contributed by atoms with Crippen molar-refractivity contribution in [2.75, 3.05) is 13.1 Å². The van der Waals surface area contributed by atoms with Gasteiger partial charge in [-0.1, -0.05) is 24.2 Å². The molecule has 1 aliphatic rings. The van der Waals surface area contributed by atoms with Crippen molar-refractivity contribution in [1.82, 2.24) is 14.4 Å². The maximum atomic E-state index is 12.8. The predicted molar refractivity (Wildman–Crippen MR) is 94.7 cm³/mol. The normalized spacial score (nSPS) is 17.0. The molecule has 25 heavy (non-hydrogen) atoms. The molecule has 2 heterocycles. The summed E-state index contributed by atoms with van der Waals surface area (Å²) in [5, 5.41) is 3.92. The molecule has 0 radical (unpaired) electrons. The number of rotatable bonds is 6. The molecular formula is C18H25N3O3S. The monoisotopic (exact) mass is 363 g/mol. The highest BCUT2D eigenvalue weighted by Gasteiger charge is 2.29. The minimum atomic E-state index is -3.38. The molecule has 0 aliphatic carbocycles. The number of benzene rings is 1. The first-order chi connectivity index (χ1) is 12.0. The van der Waals surface area contributed by atoms with Gasteiger partial charge in [-0.2, -0.15) is 9.29 Å². The lowest BCUT2D eigenvalue weighted by Crippen LogP contribution is -2.38. The minimum Gasteiger partial charge on any atom is -0.340 e. The highest BCUT2D eigenvalue weighted by Crippen LogP contribution is 2.26. The van der Waals surface area contributed by atoms with Crippen LogP contribution in [0.4, 0.5) is 0 Å². The van der Waals surface area contributed by atoms with Crippen molar-refractivity contribution in [2.24, 2.45) is 5.92 Å². The standard InChI is InChI=1S/C18H25N3O3S/c1-3-15-4-7-17(8-5-15)25(22,23)21-12-10-16(11-13-21)6-9-18-19-14(2)24-20-18/h4-5,7-8,16H,3,6,9-13H2,1-2H3. The third-order valence-corrected chi connectivity index (χ3v) is 6.80. The fourth-order valence-electron chi connectivity index (χ4n) is 3.26. The van der Waals surface area contributed by atoms with Crippen LogP contribution in [0.15, 0.2) is 33.7 Å². The second-order valence-corrected chi connectivity index (χ2v) is 8.55. The molecule has 1 aliphatic heterocycles. The van der Waals surface area contributed by atoms with Crippen molar-refractivity contribution in [2.45, 2.75) is 50.8 Å². The Kier molecular flexibility index (Phi) is 5.54. The zero-order chi connectivity index (χ0) is 17.9. The molecular weight excluding hydrogens is 338 g/mol. The van der Waals surface area contributed by atoms with Crippen LogP contribution in [0.5, 0.6) is 0 Å². The molecule has 0 spiro atoms. The number of nitrogens with zero attached hydrogens (tertiary/aromatic N) is 3. The summed E-state index contributed by atoms with van der Waals surface area (Å²) in [4.78, 5) is 4.61. The largest absolute Gasteiger partial charge is 0.340 e. The summed E-state index contributed by atoms with van der Waals surface area (Å²) in [6, 6.07) is 7.23. The summed E-state index contributed by atoms with van der Waals surface area (Å²) in [6.07, 6.45) is 4.42. The van der Waals surface area contributed by atoms with E-state index in [2.05, 4.69) is 17.1 Å². The average Bonchev–Trinajstić information content (AvgIpc) is 3.06. The van der Waals surface area contributed by atoms with E-state index in [4.69, 9.17) is 4.52 Å². The van der Waals surface area contributed by atoms with Crippen molar-refractivity contribution in [3.05, 3.63) is 41.5 Å². The number of hydrogen-bond donors (Lipinski definition) is 0. The van der Waals surface area contributed by atoms with Crippen LogP contribution in [0, 0.1) is 12.8 Å². The van der Waals surface area contributed by atoms with E-state index >= 15 is 0 Å². The third kappa shape index (κ3) is 4.27. The van der Waals surface area contributed by atoms with Gasteiger partial charge < -0.3 is 4.52 Å². The van der Waals surface area contributed by atoms with Gasteiger partial charge in [-0.3, -0.25) is 0 Å². The summed E-state index contributed by atoms with van der Waals surface area (Å²) < 4.78 is 32.1. The third-order valence-electron chi connectivity index (χ3n) is 4.89. The number of hydrogen-bond acceptors (Lipinski definition) is 5. The molecule has 136 valence electrons. The maximum absolute atomic E-state index is 12.8. The van der Waals surface area contributed by atoms with Gasteiger partial charge in [-0.25, -0.2) is 8.42 Å². The van der Waals surface area contributed by atoms with Gasteiger partial charge >= 0.3 is 0 Å². The smallest absolute Gasteiger partial charge is 0.243 e. The molecule has 2 aromatic rings. The molecule has 1 aromatic carbocycles. The van der Waals surface area contributed by atoms with Crippen molar-refractivity contribution in [3.8, 4) is 0 Å². The van der Waals surface area contributed by atoms with E-state index in [0.717, 1.165) is 43.5 Å². The number of sulfonamides is 1. The van der Waals surface area contributed by atoms with Gasteiger partial charge in [-0.05, 0) is 49.3 Å². The summed E-state index contributed by atoms with van der Waals surface area (Å²) in [5.74, 6) is 1.83. The SMILES string of the molecule is CCc1ccc(S(=O)(=O)N2CCC(CCc3noc(C)n3)CC2)cc1. The van der Waals surface area contributed by atoms with Crippen molar-refractivity contribution in [3.63, 3.8) is 0 Å². The van der Waals surface area contributed by atoms with Crippen LogP contribution in [0.25, 0.3) is 0 Å². The first-order valence-corrected chi connectivity index (χ1v) is 10.3. The van der Waals surface area contributed by atoms with Crippen LogP contribution >= 0.6 is 0 Å². The Bertz CT molecular complexity index is 791. The molecule has 0 saturated carbocycles. The zero-order valence-corrected chi connectivity index (χ0v) is 15.6. The first kappa shape index (κ1) is 18.1. The molecule has 1 saturated heterocycles. The molecule has 0 unspecified atom stereocenters. The van der Waals surface area contributed by atoms with Gasteiger partial charge in [0.25, 0.3) is 0 Å². The van der Waals surface area contributed by atoms with Gasteiger partial charge in [0.15, 0.2) is 5.82 Å². The minimum absolute atomic E-state index is 0.394. The summed E-state index contributed by atoms with van der Waals surface area (Å²) >= 11 is 0. The van der Waals surface area contributed by atoms with Gasteiger partial charge in [0, 0.05) is 26.4 Å². The van der Waals surface area contributed by atoms with E-state index in [-0.39, 0.29) is 0 Å². The summed E-state index contributed by atoms with van der Waals surface area (Å²) in [7, 11) is -3.38. The molecule has 7 heteroatoms. The van der Waals surface area contributed by atoms with Gasteiger partial charge in [0.05, 0.1) is 4.90 Å². The van der Waals surface area contributed by atoms with Crippen molar-refractivity contribution < 1.29 is 12.9 Å². The molecule has 0 atom stereocenters. The summed E-state index contributed by atoms with van der Waals surface area (Å²) in [5.41, 5.74) is 1.15. The van der Waals surface area contributed by atoms with Gasteiger partial charge in [0.2, 0.25) is 15.9 Å². The number of piperidine rings is 1. The quantitative estimate of drug-likeness (QED) is 0.788. The van der Waals surface area contributed by atoms with Gasteiger partial charge in [-0.15, -0.1) is 0 Å². The Hall–Kier alpha value is -1.73. The second kappa shape index (κ2) is 7.66. The summed E-state index contributed by atoms with van der Waals surface area (Å²) in [6.45, 7) is 5.00. The lowest BCUT2D eigenvalue weighted by atomic mass is 9.93. The predicted octanol–water partition coefficient (Wildman–Crippen LogP) is 2.97. The second-order valence-electron chi connectivity index (χ2n) is 6.61. The van der Waals surface area contributed by atoms with Gasteiger partial charge in [0.1, 0.15) is 0 Å². The Balaban J connectivity index is 1.55. The molecule has 1 fully saturated rings. The Morgan fingerprint density at radius 1 is 1.20 bits per heavy atom. The highest BCUT2D eigenvalue weighted by molar-refractivity contribution is 7.89. The Morgan fingerprint density at radius 3 is 2.44 bits per heavy atom. The molecule has 3 rings (SSSR count). The topological polar surface area (TPSA) is 76.3 Å². The number of aryl methyl sites for hydroxylation is 3. The lowest BCUT2D eigenvalue weighted by Gasteiger charge is -2.31. The average molecular weight is 363 g/mol. The van der Waals surface area contributed by atoms with Crippen LogP contribution in [0.3, 0.4) is 0 Å². The van der Waals surface area contributed by atoms with E-state index in [1.54, 1.807) is 23.4 Å². The fourth-order valence-corrected chi connectivity index (χ4v) is 4.73. The number of aromatic nitrogens is 2. The van der Waals surface area contributed by atoms with Crippen molar-refractivity contribution >= 4 is 10.0 Å². The molecule has 0 N–H and O–H groups in total. The van der Waals surface area contributed by atoms with Crippen LogP contribution in [0.2, 0.25) is 0 Å². The van der Waals surface area contributed by atoms with E-state index < -0.39 is 10.0 Å². The molecule has 1 aromatic heterocycles. The molecule has 6 nitrogen and oxygen atoms in total. The van der Waals surface area contributed by atoms with Crippen LogP contribution in [-0.4, -0.2) is 36.0 Å². The molecule has 0 amide bonds. The Labute approximate surface area is 149 Å². The van der Waals surface area contributed by atoms with Crippen LogP contribution in [0.1, 0.15) is 43.5 Å². The highest BCUT2D eigenvalue weighted by atomic mass is 32.2. The van der Waals surface area contributed by atoms with E-state index in [1.807, 2.05) is 12.1 Å². The first-order valence-electron chi connectivity index (χ1n) is 8.87. The van der Waals surface area contributed by atoms with E-state index in [1.165, 1.54) is 0 Å². The van der Waals surface area contributed by atoms with E-state index in [9.17, 15) is 8.42 Å². The van der Waals surface area contributed by atoms with Crippen LogP contribution in [-0.2, 0) is 22.9 Å². The lowest BCUT2D eigenvalue weighted by molar-refractivity contribution is 0.262. The van der Waals surface area contributed by atoms with Crippen molar-refractivity contribution in [1.29, 1.82) is 0 Å². The zero-order valence-electron chi connectivity index (χ0n) is 14.8. The Morgan fingerprint density at radius 2 is 1.88 bits per heavy atom. The van der Waals surface area contributed by atoms with Crippen LogP contribution < -0.4 is 0 Å². The molecule has 0 bridgehead atoms. The fraction of sp³-hybridized carbons (Fsp3) is 0.556.